The lowest BCUT2D eigenvalue weighted by Gasteiger charge is -2.11. The molecule has 3 heterocycles. The number of carbonyl (C=O) groups excluding carboxylic acids is 2. The molecule has 2 aromatic heterocycles. The highest BCUT2D eigenvalue weighted by Crippen LogP contribution is 2.27. The van der Waals surface area contributed by atoms with E-state index in [1.807, 2.05) is 30.3 Å². The van der Waals surface area contributed by atoms with Crippen LogP contribution in [0.5, 0.6) is 0 Å². The van der Waals surface area contributed by atoms with E-state index in [1.54, 1.807) is 18.2 Å². The highest BCUT2D eigenvalue weighted by atomic mass is 32.2. The zero-order chi connectivity index (χ0) is 21.1. The average Bonchev–Trinajstić information content (AvgIpc) is 3.33. The quantitative estimate of drug-likeness (QED) is 0.428. The summed E-state index contributed by atoms with van der Waals surface area (Å²) < 4.78 is 27.9. The Labute approximate surface area is 178 Å². The summed E-state index contributed by atoms with van der Waals surface area (Å²) in [4.78, 5) is 30.5. The van der Waals surface area contributed by atoms with E-state index < -0.39 is 21.8 Å². The van der Waals surface area contributed by atoms with Crippen LogP contribution in [0.4, 0.5) is 0 Å². The molecular weight excluding hydrogens is 422 g/mol. The number of rotatable bonds is 8. The van der Waals surface area contributed by atoms with E-state index in [0.29, 0.717) is 17.8 Å². The van der Waals surface area contributed by atoms with E-state index in [2.05, 4.69) is 9.71 Å². The molecule has 3 aromatic rings. The molecule has 154 valence electrons. The van der Waals surface area contributed by atoms with Crippen LogP contribution in [-0.2, 0) is 23.0 Å². The second kappa shape index (κ2) is 8.47. The van der Waals surface area contributed by atoms with Gasteiger partial charge in [0.05, 0.1) is 12.1 Å². The molecule has 1 aliphatic heterocycles. The summed E-state index contributed by atoms with van der Waals surface area (Å²) in [5, 5.41) is 0. The molecule has 0 atom stereocenters. The molecule has 0 radical (unpaired) electrons. The van der Waals surface area contributed by atoms with Gasteiger partial charge in [-0.05, 0) is 42.7 Å². The Morgan fingerprint density at radius 2 is 1.77 bits per heavy atom. The first kappa shape index (κ1) is 20.4. The average molecular weight is 442 g/mol. The van der Waals surface area contributed by atoms with E-state index in [0.717, 1.165) is 28.2 Å². The van der Waals surface area contributed by atoms with Crippen LogP contribution in [0, 0.1) is 0 Å². The molecule has 1 N–H and O–H groups in total. The van der Waals surface area contributed by atoms with Crippen LogP contribution in [-0.4, -0.2) is 36.7 Å². The normalized spacial score (nSPS) is 13.7. The van der Waals surface area contributed by atoms with Gasteiger partial charge in [0, 0.05) is 17.6 Å². The van der Waals surface area contributed by atoms with Crippen LogP contribution >= 0.6 is 11.3 Å². The number of fused-ring (bicyclic) bond motifs is 1. The minimum atomic E-state index is -3.64. The highest BCUT2D eigenvalue weighted by Gasteiger charge is 2.36. The van der Waals surface area contributed by atoms with Gasteiger partial charge in [-0.2, -0.15) is 0 Å². The molecule has 0 spiro atoms. The number of nitrogens with zero attached hydrogens (tertiary/aromatic N) is 2. The van der Waals surface area contributed by atoms with E-state index in [-0.39, 0.29) is 22.0 Å². The fraction of sp³-hybridized carbons (Fsp3) is 0.190. The number of benzene rings is 1. The van der Waals surface area contributed by atoms with Crippen molar-refractivity contribution in [2.45, 2.75) is 23.6 Å². The maximum Gasteiger partial charge on any atom is 0.280 e. The number of hydrogen-bond donors (Lipinski definition) is 1. The number of nitrogens with one attached hydrogen (secondary N) is 1. The van der Waals surface area contributed by atoms with Crippen LogP contribution in [0.1, 0.15) is 37.7 Å². The number of aryl methyl sites for hydroxylation is 1. The van der Waals surface area contributed by atoms with E-state index in [1.165, 1.54) is 12.3 Å². The molecular formula is C21H19N3O4S2. The van der Waals surface area contributed by atoms with Gasteiger partial charge in [0.2, 0.25) is 10.0 Å². The lowest BCUT2D eigenvalue weighted by atomic mass is 10.1. The largest absolute Gasteiger partial charge is 0.280 e. The first-order valence-electron chi connectivity index (χ1n) is 9.39. The van der Waals surface area contributed by atoms with E-state index in [4.69, 9.17) is 0 Å². The van der Waals surface area contributed by atoms with Gasteiger partial charge in [0.15, 0.2) is 0 Å². The highest BCUT2D eigenvalue weighted by molar-refractivity contribution is 7.91. The van der Waals surface area contributed by atoms with Crippen molar-refractivity contribution >= 4 is 33.2 Å². The Balaban J connectivity index is 1.36. The fourth-order valence-corrected chi connectivity index (χ4v) is 5.68. The van der Waals surface area contributed by atoms with E-state index >= 15 is 0 Å². The standard InChI is InChI=1S/C21H19N3O4S2/c25-20-17-9-5-12-22-19(17)21(26)24(20)14-16-10-11-18(29-16)30(27,28)23-13-4-8-15-6-2-1-3-7-15/h1-3,5-7,9-12,23H,4,8,13-14H2. The maximum absolute atomic E-state index is 12.5. The van der Waals surface area contributed by atoms with Crippen LogP contribution in [0.3, 0.4) is 0 Å². The number of carbonyl (C=O) groups is 2. The molecule has 0 aliphatic carbocycles. The summed E-state index contributed by atoms with van der Waals surface area (Å²) in [6.45, 7) is 0.344. The molecule has 30 heavy (non-hydrogen) atoms. The lowest BCUT2D eigenvalue weighted by Crippen LogP contribution is -2.28. The number of hydrogen-bond acceptors (Lipinski definition) is 6. The Kier molecular flexibility index (Phi) is 5.76. The molecule has 7 nitrogen and oxygen atoms in total. The van der Waals surface area contributed by atoms with Gasteiger partial charge < -0.3 is 0 Å². The Hall–Kier alpha value is -2.88. The zero-order valence-corrected chi connectivity index (χ0v) is 17.6. The van der Waals surface area contributed by atoms with Crippen molar-refractivity contribution in [3.63, 3.8) is 0 Å². The van der Waals surface area contributed by atoms with Gasteiger partial charge in [-0.25, -0.2) is 13.1 Å². The molecule has 9 heteroatoms. The number of imide groups is 1. The van der Waals surface area contributed by atoms with Crippen molar-refractivity contribution in [1.82, 2.24) is 14.6 Å². The smallest absolute Gasteiger partial charge is 0.268 e. The number of pyridine rings is 1. The third-order valence-electron chi connectivity index (χ3n) is 4.72. The third kappa shape index (κ3) is 4.18. The molecule has 1 aromatic carbocycles. The van der Waals surface area contributed by atoms with Crippen molar-refractivity contribution < 1.29 is 18.0 Å². The summed E-state index contributed by atoms with van der Waals surface area (Å²) >= 11 is 1.05. The van der Waals surface area contributed by atoms with Crippen molar-refractivity contribution in [3.05, 3.63) is 82.5 Å². The third-order valence-corrected chi connectivity index (χ3v) is 7.75. The second-order valence-corrected chi connectivity index (χ2v) is 9.97. The first-order chi connectivity index (χ1) is 14.5. The molecule has 0 saturated carbocycles. The molecule has 0 fully saturated rings. The van der Waals surface area contributed by atoms with Crippen LogP contribution in [0.25, 0.3) is 0 Å². The molecule has 1 aliphatic rings. The summed E-state index contributed by atoms with van der Waals surface area (Å²) in [5.41, 5.74) is 1.56. The Morgan fingerprint density at radius 1 is 0.967 bits per heavy atom. The van der Waals surface area contributed by atoms with Crippen LogP contribution in [0.15, 0.2) is 65.0 Å². The van der Waals surface area contributed by atoms with Gasteiger partial charge in [0.25, 0.3) is 11.8 Å². The number of thiophene rings is 1. The molecule has 2 amide bonds. The molecule has 0 bridgehead atoms. The predicted molar refractivity (Wildman–Crippen MR) is 113 cm³/mol. The second-order valence-electron chi connectivity index (χ2n) is 6.80. The van der Waals surface area contributed by atoms with Gasteiger partial charge in [0.1, 0.15) is 9.90 Å². The van der Waals surface area contributed by atoms with Gasteiger partial charge in [-0.3, -0.25) is 19.5 Å². The SMILES string of the molecule is O=C1c2cccnc2C(=O)N1Cc1ccc(S(=O)(=O)NCCCc2ccccc2)s1. The van der Waals surface area contributed by atoms with E-state index in [9.17, 15) is 18.0 Å². The maximum atomic E-state index is 12.5. The molecule has 0 unspecified atom stereocenters. The number of amides is 2. The number of sulfonamides is 1. The first-order valence-corrected chi connectivity index (χ1v) is 11.7. The van der Waals surface area contributed by atoms with Crippen LogP contribution in [0.2, 0.25) is 0 Å². The summed E-state index contributed by atoms with van der Waals surface area (Å²) in [5.74, 6) is -0.882. The van der Waals surface area contributed by atoms with Crippen LogP contribution < -0.4 is 4.72 Å². The summed E-state index contributed by atoms with van der Waals surface area (Å²) in [7, 11) is -3.64. The van der Waals surface area contributed by atoms with Crippen molar-refractivity contribution in [1.29, 1.82) is 0 Å². The minimum absolute atomic E-state index is 0.0161. The molecule has 0 saturated heterocycles. The fourth-order valence-electron chi connectivity index (χ4n) is 3.22. The summed E-state index contributed by atoms with van der Waals surface area (Å²) in [6.07, 6.45) is 2.93. The Bertz CT molecular complexity index is 1150. The van der Waals surface area contributed by atoms with Crippen molar-refractivity contribution in [3.8, 4) is 0 Å². The van der Waals surface area contributed by atoms with Gasteiger partial charge >= 0.3 is 0 Å². The van der Waals surface area contributed by atoms with Gasteiger partial charge in [-0.1, -0.05) is 30.3 Å². The monoisotopic (exact) mass is 441 g/mol. The van der Waals surface area contributed by atoms with Crippen molar-refractivity contribution in [2.24, 2.45) is 0 Å². The van der Waals surface area contributed by atoms with Crippen molar-refractivity contribution in [2.75, 3.05) is 6.54 Å². The molecule has 4 rings (SSSR count). The predicted octanol–water partition coefficient (Wildman–Crippen LogP) is 2.85. The minimum Gasteiger partial charge on any atom is -0.268 e. The number of aromatic nitrogens is 1. The topological polar surface area (TPSA) is 96.4 Å². The lowest BCUT2D eigenvalue weighted by molar-refractivity contribution is 0.0642. The summed E-state index contributed by atoms with van der Waals surface area (Å²) in [6, 6.07) is 16.2. The zero-order valence-electron chi connectivity index (χ0n) is 15.9. The Morgan fingerprint density at radius 3 is 2.53 bits per heavy atom. The van der Waals surface area contributed by atoms with Gasteiger partial charge in [-0.15, -0.1) is 11.3 Å².